The molecular formula is C27H32N2O5. The number of carbonyl (C=O) groups excluding carboxylic acids is 2. The Labute approximate surface area is 199 Å². The van der Waals surface area contributed by atoms with Crippen molar-refractivity contribution in [3.63, 3.8) is 0 Å². The van der Waals surface area contributed by atoms with E-state index >= 15 is 0 Å². The third-order valence-corrected chi connectivity index (χ3v) is 7.45. The number of carboxylic acids is 1. The summed E-state index contributed by atoms with van der Waals surface area (Å²) in [4.78, 5) is 36.9. The first-order chi connectivity index (χ1) is 16.3. The molecule has 0 spiro atoms. The number of rotatable bonds is 8. The van der Waals surface area contributed by atoms with Crippen LogP contribution in [0.5, 0.6) is 0 Å². The molecule has 2 amide bonds. The molecule has 4 rings (SSSR count). The first-order valence-electron chi connectivity index (χ1n) is 12.0. The largest absolute Gasteiger partial charge is 0.481 e. The summed E-state index contributed by atoms with van der Waals surface area (Å²) in [5.41, 5.74) is 3.61. The summed E-state index contributed by atoms with van der Waals surface area (Å²) in [7, 11) is 0. The summed E-state index contributed by atoms with van der Waals surface area (Å²) in [5.74, 6) is -1.57. The van der Waals surface area contributed by atoms with Gasteiger partial charge in [-0.15, -0.1) is 0 Å². The fourth-order valence-electron chi connectivity index (χ4n) is 5.00. The van der Waals surface area contributed by atoms with Crippen molar-refractivity contribution in [3.8, 4) is 11.1 Å². The van der Waals surface area contributed by atoms with E-state index < -0.39 is 23.4 Å². The van der Waals surface area contributed by atoms with Gasteiger partial charge in [-0.05, 0) is 48.4 Å². The molecule has 2 aromatic rings. The second-order valence-corrected chi connectivity index (χ2v) is 9.55. The maximum Gasteiger partial charge on any atom is 0.407 e. The molecule has 7 nitrogen and oxygen atoms in total. The summed E-state index contributed by atoms with van der Waals surface area (Å²) < 4.78 is 5.63. The van der Waals surface area contributed by atoms with Gasteiger partial charge < -0.3 is 20.5 Å². The molecule has 3 atom stereocenters. The molecule has 2 aliphatic carbocycles. The molecule has 2 aliphatic rings. The molecular weight excluding hydrogens is 432 g/mol. The normalized spacial score (nSPS) is 20.6. The van der Waals surface area contributed by atoms with Crippen molar-refractivity contribution in [2.75, 3.05) is 13.2 Å². The molecule has 0 aliphatic heterocycles. The Morgan fingerprint density at radius 1 is 1.03 bits per heavy atom. The number of amides is 2. The van der Waals surface area contributed by atoms with Crippen LogP contribution in [0, 0.1) is 11.3 Å². The van der Waals surface area contributed by atoms with Crippen molar-refractivity contribution in [3.05, 3.63) is 59.7 Å². The van der Waals surface area contributed by atoms with Crippen LogP contribution in [0.25, 0.3) is 11.1 Å². The molecule has 0 bridgehead atoms. The van der Waals surface area contributed by atoms with E-state index in [0.717, 1.165) is 17.5 Å². The highest BCUT2D eigenvalue weighted by atomic mass is 16.5. The van der Waals surface area contributed by atoms with Crippen molar-refractivity contribution < 1.29 is 24.2 Å². The van der Waals surface area contributed by atoms with Crippen LogP contribution in [0.2, 0.25) is 0 Å². The van der Waals surface area contributed by atoms with Gasteiger partial charge in [0.25, 0.3) is 0 Å². The Morgan fingerprint density at radius 2 is 1.65 bits per heavy atom. The van der Waals surface area contributed by atoms with Crippen molar-refractivity contribution >= 4 is 18.0 Å². The maximum absolute atomic E-state index is 12.8. The SMILES string of the molecule is CCC(C)(CNC(=O)[C@H]1CCC[C@H]1NC(=O)OCC1c2ccccc2-c2ccccc21)C(=O)O. The van der Waals surface area contributed by atoms with E-state index in [2.05, 4.69) is 34.9 Å². The lowest BCUT2D eigenvalue weighted by Crippen LogP contribution is -2.47. The number of nitrogens with one attached hydrogen (secondary N) is 2. The van der Waals surface area contributed by atoms with E-state index in [1.807, 2.05) is 24.3 Å². The van der Waals surface area contributed by atoms with Crippen molar-refractivity contribution in [2.24, 2.45) is 11.3 Å². The quantitative estimate of drug-likeness (QED) is 0.540. The number of carbonyl (C=O) groups is 3. The minimum absolute atomic E-state index is 0.0245. The van der Waals surface area contributed by atoms with Crippen LogP contribution in [-0.4, -0.2) is 42.3 Å². The molecule has 0 aromatic heterocycles. The predicted octanol–water partition coefficient (Wildman–Crippen LogP) is 4.31. The van der Waals surface area contributed by atoms with Gasteiger partial charge in [0.2, 0.25) is 5.91 Å². The van der Waals surface area contributed by atoms with Gasteiger partial charge in [0, 0.05) is 18.5 Å². The minimum atomic E-state index is -1.01. The molecule has 1 saturated carbocycles. The second kappa shape index (κ2) is 9.87. The van der Waals surface area contributed by atoms with Gasteiger partial charge >= 0.3 is 12.1 Å². The second-order valence-electron chi connectivity index (χ2n) is 9.55. The molecule has 0 saturated heterocycles. The van der Waals surface area contributed by atoms with Gasteiger partial charge in [-0.1, -0.05) is 61.9 Å². The van der Waals surface area contributed by atoms with Crippen molar-refractivity contribution in [1.29, 1.82) is 0 Å². The number of benzene rings is 2. The molecule has 2 aromatic carbocycles. The standard InChI is InChI=1S/C27H32N2O5/c1-3-27(2,25(31)32)16-28-24(30)21-13-8-14-23(21)29-26(33)34-15-22-19-11-6-4-9-17(19)18-10-5-7-12-20(18)22/h4-7,9-12,21-23H,3,8,13-16H2,1-2H3,(H,28,30)(H,29,33)(H,31,32)/t21-,23+,27?/m0/s1. The van der Waals surface area contributed by atoms with E-state index in [1.54, 1.807) is 13.8 Å². The Morgan fingerprint density at radius 3 is 2.24 bits per heavy atom. The first-order valence-corrected chi connectivity index (χ1v) is 12.0. The summed E-state index contributed by atoms with van der Waals surface area (Å²) in [5, 5.41) is 15.1. The number of aliphatic carboxylic acids is 1. The molecule has 1 fully saturated rings. The molecule has 3 N–H and O–H groups in total. The van der Waals surface area contributed by atoms with E-state index in [-0.39, 0.29) is 31.0 Å². The zero-order chi connectivity index (χ0) is 24.3. The lowest BCUT2D eigenvalue weighted by molar-refractivity contribution is -0.148. The van der Waals surface area contributed by atoms with E-state index in [9.17, 15) is 19.5 Å². The van der Waals surface area contributed by atoms with E-state index in [0.29, 0.717) is 19.3 Å². The average Bonchev–Trinajstić information content (AvgIpc) is 3.43. The molecule has 34 heavy (non-hydrogen) atoms. The van der Waals surface area contributed by atoms with E-state index in [4.69, 9.17) is 4.74 Å². The van der Waals surface area contributed by atoms with E-state index in [1.165, 1.54) is 11.1 Å². The van der Waals surface area contributed by atoms with Gasteiger partial charge in [-0.25, -0.2) is 4.79 Å². The van der Waals surface area contributed by atoms with Crippen LogP contribution in [0.4, 0.5) is 4.79 Å². The topological polar surface area (TPSA) is 105 Å². The smallest absolute Gasteiger partial charge is 0.407 e. The molecule has 0 radical (unpaired) electrons. The van der Waals surface area contributed by atoms with Gasteiger partial charge in [-0.2, -0.15) is 0 Å². The van der Waals surface area contributed by atoms with Crippen LogP contribution in [0.3, 0.4) is 0 Å². The predicted molar refractivity (Wildman–Crippen MR) is 128 cm³/mol. The summed E-state index contributed by atoms with van der Waals surface area (Å²) in [6.07, 6.45) is 2.03. The van der Waals surface area contributed by atoms with Crippen LogP contribution >= 0.6 is 0 Å². The highest BCUT2D eigenvalue weighted by Gasteiger charge is 2.37. The van der Waals surface area contributed by atoms with Crippen LogP contribution in [-0.2, 0) is 14.3 Å². The number of hydrogen-bond donors (Lipinski definition) is 3. The number of ether oxygens (including phenoxy) is 1. The van der Waals surface area contributed by atoms with Gasteiger partial charge in [0.05, 0.1) is 11.3 Å². The molecule has 7 heteroatoms. The maximum atomic E-state index is 12.8. The van der Waals surface area contributed by atoms with Gasteiger partial charge in [-0.3, -0.25) is 9.59 Å². The fraction of sp³-hybridized carbons (Fsp3) is 0.444. The third-order valence-electron chi connectivity index (χ3n) is 7.45. The Balaban J connectivity index is 1.34. The number of hydrogen-bond acceptors (Lipinski definition) is 4. The zero-order valence-electron chi connectivity index (χ0n) is 19.7. The number of carboxylic acid groups (broad SMARTS) is 1. The Hall–Kier alpha value is -3.35. The summed E-state index contributed by atoms with van der Waals surface area (Å²) in [6, 6.07) is 16.0. The third kappa shape index (κ3) is 4.65. The molecule has 1 unspecified atom stereocenters. The highest BCUT2D eigenvalue weighted by molar-refractivity contribution is 5.82. The van der Waals surface area contributed by atoms with Crippen LogP contribution < -0.4 is 10.6 Å². The van der Waals surface area contributed by atoms with Gasteiger partial charge in [0.15, 0.2) is 0 Å². The minimum Gasteiger partial charge on any atom is -0.481 e. The average molecular weight is 465 g/mol. The Bertz CT molecular complexity index is 1040. The van der Waals surface area contributed by atoms with Gasteiger partial charge in [0.1, 0.15) is 6.61 Å². The van der Waals surface area contributed by atoms with Crippen molar-refractivity contribution in [2.45, 2.75) is 51.5 Å². The van der Waals surface area contributed by atoms with Crippen LogP contribution in [0.15, 0.2) is 48.5 Å². The number of alkyl carbamates (subject to hydrolysis) is 1. The number of fused-ring (bicyclic) bond motifs is 3. The summed E-state index contributed by atoms with van der Waals surface area (Å²) >= 11 is 0. The molecule has 180 valence electrons. The highest BCUT2D eigenvalue weighted by Crippen LogP contribution is 2.44. The first kappa shape index (κ1) is 23.8. The lowest BCUT2D eigenvalue weighted by atomic mass is 9.87. The van der Waals surface area contributed by atoms with Crippen LogP contribution in [0.1, 0.15) is 56.6 Å². The Kier molecular flexibility index (Phi) is 6.91. The molecule has 0 heterocycles. The fourth-order valence-corrected chi connectivity index (χ4v) is 5.00. The summed E-state index contributed by atoms with van der Waals surface area (Å²) in [6.45, 7) is 3.69. The zero-order valence-corrected chi connectivity index (χ0v) is 19.7. The lowest BCUT2D eigenvalue weighted by Gasteiger charge is -2.26. The van der Waals surface area contributed by atoms with Crippen molar-refractivity contribution in [1.82, 2.24) is 10.6 Å². The monoisotopic (exact) mass is 464 g/mol.